The molecule has 1 aliphatic rings. The molecule has 0 atom stereocenters. The molecule has 1 aliphatic heterocycles. The molecule has 3 aromatic rings. The molecular weight excluding hydrogens is 376 g/mol. The van der Waals surface area contributed by atoms with E-state index in [1.54, 1.807) is 0 Å². The van der Waals surface area contributed by atoms with Gasteiger partial charge in [-0.05, 0) is 43.2 Å². The van der Waals surface area contributed by atoms with Gasteiger partial charge in [-0.15, -0.1) is 0 Å². The number of nitrogens with one attached hydrogen (secondary N) is 1. The minimum absolute atomic E-state index is 0.133. The smallest absolute Gasteiger partial charge is 0.224 e. The lowest BCUT2D eigenvalue weighted by atomic mass is 10.1. The van der Waals surface area contributed by atoms with Gasteiger partial charge in [0.15, 0.2) is 11.7 Å². The highest BCUT2D eigenvalue weighted by atomic mass is 19.1. The molecule has 0 saturated carbocycles. The largest absolute Gasteiger partial charge is 0.441 e. The van der Waals surface area contributed by atoms with Crippen LogP contribution in [0.3, 0.4) is 0 Å². The molecule has 0 radical (unpaired) electrons. The molecule has 1 N–H and O–H groups in total. The van der Waals surface area contributed by atoms with Gasteiger partial charge >= 0.3 is 0 Å². The second-order valence-electron chi connectivity index (χ2n) is 6.96. The number of oxazole rings is 1. The molecule has 29 heavy (non-hydrogen) atoms. The SMILES string of the molecule is CCN1CCc2ccc(NC(=O)CCc3ncc(-c4ccc(F)cc4F)o3)cc21. The maximum absolute atomic E-state index is 13.9. The number of aromatic nitrogens is 1. The Labute approximate surface area is 167 Å². The number of benzene rings is 2. The number of nitrogens with zero attached hydrogens (tertiary/aromatic N) is 2. The van der Waals surface area contributed by atoms with E-state index in [0.29, 0.717) is 5.89 Å². The first-order valence-corrected chi connectivity index (χ1v) is 9.61. The number of rotatable bonds is 6. The average Bonchev–Trinajstić information content (AvgIpc) is 3.33. The first-order valence-electron chi connectivity index (χ1n) is 9.61. The number of anilines is 2. The van der Waals surface area contributed by atoms with Crippen LogP contribution in [0.25, 0.3) is 11.3 Å². The molecule has 0 unspecified atom stereocenters. The van der Waals surface area contributed by atoms with Crippen LogP contribution in [0.5, 0.6) is 0 Å². The number of hydrogen-bond donors (Lipinski definition) is 1. The van der Waals surface area contributed by atoms with Crippen LogP contribution >= 0.6 is 0 Å². The number of halogens is 2. The van der Waals surface area contributed by atoms with Crippen LogP contribution in [0.4, 0.5) is 20.2 Å². The van der Waals surface area contributed by atoms with Crippen LogP contribution in [-0.4, -0.2) is 24.0 Å². The fraction of sp³-hybridized carbons (Fsp3) is 0.273. The average molecular weight is 397 g/mol. The van der Waals surface area contributed by atoms with E-state index in [-0.39, 0.29) is 30.1 Å². The zero-order valence-corrected chi connectivity index (χ0v) is 16.0. The van der Waals surface area contributed by atoms with Crippen molar-refractivity contribution < 1.29 is 18.0 Å². The van der Waals surface area contributed by atoms with Crippen LogP contribution in [0.15, 0.2) is 47.0 Å². The van der Waals surface area contributed by atoms with E-state index in [4.69, 9.17) is 4.42 Å². The van der Waals surface area contributed by atoms with Gasteiger partial charge in [-0.25, -0.2) is 13.8 Å². The van der Waals surface area contributed by atoms with Gasteiger partial charge in [0.1, 0.15) is 11.6 Å². The molecule has 0 fully saturated rings. The molecule has 0 bridgehead atoms. The third-order valence-electron chi connectivity index (χ3n) is 5.06. The Morgan fingerprint density at radius 3 is 2.90 bits per heavy atom. The second kappa shape index (κ2) is 8.03. The number of fused-ring (bicyclic) bond motifs is 1. The number of carbonyl (C=O) groups excluding carboxylic acids is 1. The minimum Gasteiger partial charge on any atom is -0.441 e. The number of amides is 1. The van der Waals surface area contributed by atoms with Gasteiger partial charge in [0.25, 0.3) is 0 Å². The third kappa shape index (κ3) is 4.13. The first-order chi connectivity index (χ1) is 14.0. The molecule has 0 aliphatic carbocycles. The van der Waals surface area contributed by atoms with E-state index >= 15 is 0 Å². The Hall–Kier alpha value is -3.22. The van der Waals surface area contributed by atoms with Crippen molar-refractivity contribution in [3.05, 3.63) is 65.7 Å². The van der Waals surface area contributed by atoms with Crippen molar-refractivity contribution in [1.29, 1.82) is 0 Å². The van der Waals surface area contributed by atoms with Crippen molar-refractivity contribution in [3.63, 3.8) is 0 Å². The van der Waals surface area contributed by atoms with Gasteiger partial charge in [-0.3, -0.25) is 4.79 Å². The highest BCUT2D eigenvalue weighted by Crippen LogP contribution is 2.30. The van der Waals surface area contributed by atoms with Crippen molar-refractivity contribution in [2.24, 2.45) is 0 Å². The topological polar surface area (TPSA) is 58.4 Å². The van der Waals surface area contributed by atoms with Crippen molar-refractivity contribution in [3.8, 4) is 11.3 Å². The Balaban J connectivity index is 1.36. The Kier molecular flexibility index (Phi) is 5.29. The molecular formula is C22H21F2N3O2. The van der Waals surface area contributed by atoms with E-state index in [1.807, 2.05) is 12.1 Å². The Bertz CT molecular complexity index is 1050. The van der Waals surface area contributed by atoms with Crippen molar-refractivity contribution in [1.82, 2.24) is 4.98 Å². The van der Waals surface area contributed by atoms with Crippen molar-refractivity contribution in [2.75, 3.05) is 23.3 Å². The molecule has 2 heterocycles. The monoisotopic (exact) mass is 397 g/mol. The zero-order chi connectivity index (χ0) is 20.4. The summed E-state index contributed by atoms with van der Waals surface area (Å²) in [5, 5.41) is 2.90. The first kappa shape index (κ1) is 19.1. The van der Waals surface area contributed by atoms with Crippen LogP contribution in [0.2, 0.25) is 0 Å². The van der Waals surface area contributed by atoms with E-state index in [2.05, 4.69) is 28.2 Å². The quantitative estimate of drug-likeness (QED) is 0.662. The fourth-order valence-electron chi connectivity index (χ4n) is 3.54. The van der Waals surface area contributed by atoms with Gasteiger partial charge in [-0.2, -0.15) is 0 Å². The summed E-state index contributed by atoms with van der Waals surface area (Å²) >= 11 is 0. The van der Waals surface area contributed by atoms with Gasteiger partial charge in [0, 0.05) is 43.4 Å². The summed E-state index contributed by atoms with van der Waals surface area (Å²) in [6.45, 7) is 4.05. The van der Waals surface area contributed by atoms with E-state index in [9.17, 15) is 13.6 Å². The van der Waals surface area contributed by atoms with Gasteiger partial charge < -0.3 is 14.6 Å². The lowest BCUT2D eigenvalue weighted by Crippen LogP contribution is -2.19. The predicted molar refractivity (Wildman–Crippen MR) is 107 cm³/mol. The summed E-state index contributed by atoms with van der Waals surface area (Å²) in [5.74, 6) is -1.00. The van der Waals surface area contributed by atoms with Crippen LogP contribution < -0.4 is 10.2 Å². The lowest BCUT2D eigenvalue weighted by Gasteiger charge is -2.17. The number of hydrogen-bond acceptors (Lipinski definition) is 4. The predicted octanol–water partition coefficient (Wildman–Crippen LogP) is 4.57. The summed E-state index contributed by atoms with van der Waals surface area (Å²) in [6.07, 6.45) is 2.86. The molecule has 5 nitrogen and oxygen atoms in total. The van der Waals surface area contributed by atoms with E-state index in [0.717, 1.165) is 37.3 Å². The van der Waals surface area contributed by atoms with Crippen LogP contribution in [0, 0.1) is 11.6 Å². The van der Waals surface area contributed by atoms with Crippen LogP contribution in [0.1, 0.15) is 24.8 Å². The molecule has 0 saturated heterocycles. The molecule has 0 spiro atoms. The maximum Gasteiger partial charge on any atom is 0.224 e. The molecule has 2 aromatic carbocycles. The summed E-state index contributed by atoms with van der Waals surface area (Å²) in [7, 11) is 0. The fourth-order valence-corrected chi connectivity index (χ4v) is 3.54. The molecule has 1 aromatic heterocycles. The molecule has 7 heteroatoms. The summed E-state index contributed by atoms with van der Waals surface area (Å²) in [5.41, 5.74) is 3.36. The Morgan fingerprint density at radius 2 is 2.10 bits per heavy atom. The molecule has 1 amide bonds. The highest BCUT2D eigenvalue weighted by Gasteiger charge is 2.18. The van der Waals surface area contributed by atoms with Crippen molar-refractivity contribution >= 4 is 17.3 Å². The van der Waals surface area contributed by atoms with Gasteiger partial charge in [-0.1, -0.05) is 6.07 Å². The van der Waals surface area contributed by atoms with Gasteiger partial charge in [0.05, 0.1) is 11.8 Å². The summed E-state index contributed by atoms with van der Waals surface area (Å²) < 4.78 is 32.4. The number of aryl methyl sites for hydroxylation is 1. The Morgan fingerprint density at radius 1 is 1.24 bits per heavy atom. The lowest BCUT2D eigenvalue weighted by molar-refractivity contribution is -0.116. The minimum atomic E-state index is -0.719. The second-order valence-corrected chi connectivity index (χ2v) is 6.96. The third-order valence-corrected chi connectivity index (χ3v) is 5.06. The molecule has 150 valence electrons. The van der Waals surface area contributed by atoms with Crippen LogP contribution in [-0.2, 0) is 17.6 Å². The zero-order valence-electron chi connectivity index (χ0n) is 16.0. The standard InChI is InChI=1S/C22H21F2N3O2/c1-2-27-10-9-14-3-5-16(12-19(14)27)26-21(28)7-8-22-25-13-20(29-22)17-6-4-15(23)11-18(17)24/h3-6,11-13H,2,7-10H2,1H3,(H,26,28). The molecule has 4 rings (SSSR count). The van der Waals surface area contributed by atoms with E-state index < -0.39 is 11.6 Å². The number of likely N-dealkylation sites (N-methyl/N-ethyl adjacent to an activating group) is 1. The maximum atomic E-state index is 13.9. The normalized spacial score (nSPS) is 12.9. The summed E-state index contributed by atoms with van der Waals surface area (Å²) in [4.78, 5) is 18.7. The highest BCUT2D eigenvalue weighted by molar-refractivity contribution is 5.91. The van der Waals surface area contributed by atoms with Gasteiger partial charge in [0.2, 0.25) is 5.91 Å². The summed E-state index contributed by atoms with van der Waals surface area (Å²) in [6, 6.07) is 9.22. The van der Waals surface area contributed by atoms with E-state index in [1.165, 1.54) is 23.5 Å². The van der Waals surface area contributed by atoms with Crippen molar-refractivity contribution in [2.45, 2.75) is 26.2 Å². The number of carbonyl (C=O) groups is 1.